The van der Waals surface area contributed by atoms with Gasteiger partial charge in [-0.15, -0.1) is 0 Å². The quantitative estimate of drug-likeness (QED) is 0.832. The van der Waals surface area contributed by atoms with E-state index in [-0.39, 0.29) is 0 Å². The van der Waals surface area contributed by atoms with Crippen molar-refractivity contribution in [1.29, 1.82) is 0 Å². The van der Waals surface area contributed by atoms with E-state index in [1.165, 1.54) is 30.6 Å². The molecule has 0 amide bonds. The Bertz CT molecular complexity index is 616. The third-order valence-corrected chi connectivity index (χ3v) is 5.13. The maximum atomic E-state index is 6.07. The molecule has 2 atom stereocenters. The van der Waals surface area contributed by atoms with Crippen molar-refractivity contribution in [2.24, 2.45) is 0 Å². The summed E-state index contributed by atoms with van der Waals surface area (Å²) in [6.45, 7) is 4.60. The molecule has 116 valence electrons. The van der Waals surface area contributed by atoms with Gasteiger partial charge in [-0.2, -0.15) is 0 Å². The highest BCUT2D eigenvalue weighted by Gasteiger charge is 2.28. The van der Waals surface area contributed by atoms with Gasteiger partial charge in [0.15, 0.2) is 0 Å². The minimum Gasteiger partial charge on any atom is -0.335 e. The van der Waals surface area contributed by atoms with E-state index in [0.29, 0.717) is 16.1 Å². The summed E-state index contributed by atoms with van der Waals surface area (Å²) in [5.41, 5.74) is 2.67. The van der Waals surface area contributed by atoms with E-state index in [0.717, 1.165) is 13.1 Å². The fraction of sp³-hybridized carbons (Fsp3) is 0.333. The molecular formula is C18H22Cl2N2+2. The molecule has 22 heavy (non-hydrogen) atoms. The zero-order valence-corrected chi connectivity index (χ0v) is 14.1. The molecule has 4 heteroatoms. The lowest BCUT2D eigenvalue weighted by molar-refractivity contribution is -0.911. The summed E-state index contributed by atoms with van der Waals surface area (Å²) < 4.78 is 0. The molecule has 0 aliphatic carbocycles. The predicted octanol–water partition coefficient (Wildman–Crippen LogP) is 1.91. The lowest BCUT2D eigenvalue weighted by Gasteiger charge is -2.13. The molecular weight excluding hydrogens is 315 g/mol. The van der Waals surface area contributed by atoms with E-state index < -0.39 is 0 Å². The van der Waals surface area contributed by atoms with Crippen molar-refractivity contribution in [3.05, 3.63) is 69.7 Å². The average Bonchev–Trinajstić information content (AvgIpc) is 2.97. The van der Waals surface area contributed by atoms with E-state index in [2.05, 4.69) is 41.7 Å². The molecule has 0 saturated carbocycles. The van der Waals surface area contributed by atoms with Gasteiger partial charge in [0, 0.05) is 11.1 Å². The van der Waals surface area contributed by atoms with E-state index in [9.17, 15) is 0 Å². The second-order valence-electron chi connectivity index (χ2n) is 6.10. The Balaban J connectivity index is 1.47. The van der Waals surface area contributed by atoms with Crippen LogP contribution in [0.15, 0.2) is 48.5 Å². The second-order valence-corrected chi connectivity index (χ2v) is 6.92. The fourth-order valence-corrected chi connectivity index (χ4v) is 3.50. The van der Waals surface area contributed by atoms with Crippen LogP contribution in [0.2, 0.25) is 10.0 Å². The number of halogens is 2. The van der Waals surface area contributed by atoms with Crippen molar-refractivity contribution >= 4 is 23.2 Å². The van der Waals surface area contributed by atoms with Gasteiger partial charge in [-0.3, -0.25) is 0 Å². The molecule has 1 saturated heterocycles. The van der Waals surface area contributed by atoms with Crippen LogP contribution in [0, 0.1) is 0 Å². The Kier molecular flexibility index (Phi) is 5.37. The van der Waals surface area contributed by atoms with Crippen LogP contribution in [0.4, 0.5) is 0 Å². The van der Waals surface area contributed by atoms with Crippen LogP contribution >= 0.6 is 23.2 Å². The van der Waals surface area contributed by atoms with Crippen LogP contribution in [0.5, 0.6) is 0 Å². The maximum absolute atomic E-state index is 6.07. The summed E-state index contributed by atoms with van der Waals surface area (Å²) in [5.74, 6) is 0. The first-order chi connectivity index (χ1) is 10.7. The van der Waals surface area contributed by atoms with Gasteiger partial charge in [0.1, 0.15) is 25.7 Å². The van der Waals surface area contributed by atoms with Gasteiger partial charge >= 0.3 is 0 Å². The normalized spacial score (nSPS) is 21.2. The van der Waals surface area contributed by atoms with Gasteiger partial charge < -0.3 is 10.2 Å². The van der Waals surface area contributed by atoms with Crippen LogP contribution < -0.4 is 10.2 Å². The van der Waals surface area contributed by atoms with Crippen LogP contribution in [0.3, 0.4) is 0 Å². The number of nitrogens with one attached hydrogen (secondary N) is 1. The summed E-state index contributed by atoms with van der Waals surface area (Å²) in [7, 11) is 0. The SMILES string of the molecule is Clc1ccc(C[NH2+][C@@H]2CC[NH+](Cc3ccccc3)C2)cc1Cl. The Labute approximate surface area is 142 Å². The minimum atomic E-state index is 0.629. The monoisotopic (exact) mass is 336 g/mol. The molecule has 1 heterocycles. The first-order valence-electron chi connectivity index (χ1n) is 7.85. The van der Waals surface area contributed by atoms with E-state index in [1.807, 2.05) is 12.1 Å². The molecule has 3 N–H and O–H groups in total. The van der Waals surface area contributed by atoms with E-state index in [1.54, 1.807) is 4.90 Å². The average molecular weight is 337 g/mol. The first kappa shape index (κ1) is 15.8. The van der Waals surface area contributed by atoms with Crippen LogP contribution in [0.1, 0.15) is 17.5 Å². The Morgan fingerprint density at radius 2 is 1.82 bits per heavy atom. The van der Waals surface area contributed by atoms with Gasteiger partial charge in [-0.25, -0.2) is 0 Å². The number of quaternary nitrogens is 2. The third kappa shape index (κ3) is 4.23. The molecule has 0 radical (unpaired) electrons. The zero-order chi connectivity index (χ0) is 15.4. The van der Waals surface area contributed by atoms with E-state index >= 15 is 0 Å². The molecule has 1 unspecified atom stereocenters. The van der Waals surface area contributed by atoms with E-state index in [4.69, 9.17) is 23.2 Å². The summed E-state index contributed by atoms with van der Waals surface area (Å²) in [6, 6.07) is 17.4. The van der Waals surface area contributed by atoms with Crippen molar-refractivity contribution < 1.29 is 10.2 Å². The van der Waals surface area contributed by atoms with Crippen molar-refractivity contribution in [3.8, 4) is 0 Å². The lowest BCUT2D eigenvalue weighted by Crippen LogP contribution is -3.10. The highest BCUT2D eigenvalue weighted by atomic mass is 35.5. The first-order valence-corrected chi connectivity index (χ1v) is 8.61. The standard InChI is InChI=1S/C18H20Cl2N2/c19-17-7-6-15(10-18(17)20)11-21-16-8-9-22(13-16)12-14-4-2-1-3-5-14/h1-7,10,16,21H,8-9,11-13H2/p+2/t16-/m1/s1. The number of rotatable bonds is 5. The molecule has 0 spiro atoms. The Hall–Kier alpha value is -1.06. The van der Waals surface area contributed by atoms with Gasteiger partial charge in [-0.1, -0.05) is 59.6 Å². The number of nitrogens with two attached hydrogens (primary N) is 1. The van der Waals surface area contributed by atoms with Crippen molar-refractivity contribution in [1.82, 2.24) is 0 Å². The van der Waals surface area contributed by atoms with Crippen LogP contribution in [-0.2, 0) is 13.1 Å². The summed E-state index contributed by atoms with van der Waals surface area (Å²) >= 11 is 12.0. The van der Waals surface area contributed by atoms with Crippen LogP contribution in [-0.4, -0.2) is 19.1 Å². The molecule has 0 bridgehead atoms. The van der Waals surface area contributed by atoms with Crippen molar-refractivity contribution in [2.45, 2.75) is 25.6 Å². The van der Waals surface area contributed by atoms with Crippen molar-refractivity contribution in [3.63, 3.8) is 0 Å². The molecule has 1 aliphatic heterocycles. The molecule has 2 aromatic rings. The molecule has 2 aromatic carbocycles. The summed E-state index contributed by atoms with van der Waals surface area (Å²) in [5, 5.41) is 3.72. The number of hydrogen-bond donors (Lipinski definition) is 2. The topological polar surface area (TPSA) is 21.1 Å². The van der Waals surface area contributed by atoms with Gasteiger partial charge in [0.25, 0.3) is 0 Å². The second kappa shape index (κ2) is 7.47. The molecule has 1 fully saturated rings. The summed E-state index contributed by atoms with van der Waals surface area (Å²) in [4.78, 5) is 1.68. The molecule has 0 aromatic heterocycles. The predicted molar refractivity (Wildman–Crippen MR) is 91.3 cm³/mol. The summed E-state index contributed by atoms with van der Waals surface area (Å²) in [6.07, 6.45) is 1.28. The molecule has 1 aliphatic rings. The maximum Gasteiger partial charge on any atom is 0.141 e. The number of hydrogen-bond acceptors (Lipinski definition) is 0. The highest BCUT2D eigenvalue weighted by molar-refractivity contribution is 6.42. The number of benzene rings is 2. The van der Waals surface area contributed by atoms with Gasteiger partial charge in [-0.05, 0) is 12.1 Å². The molecule has 3 rings (SSSR count). The number of likely N-dealkylation sites (tertiary alicyclic amines) is 1. The zero-order valence-electron chi connectivity index (χ0n) is 12.6. The molecule has 2 nitrogen and oxygen atoms in total. The van der Waals surface area contributed by atoms with Crippen LogP contribution in [0.25, 0.3) is 0 Å². The highest BCUT2D eigenvalue weighted by Crippen LogP contribution is 2.22. The lowest BCUT2D eigenvalue weighted by atomic mass is 10.2. The Morgan fingerprint density at radius 1 is 1.00 bits per heavy atom. The largest absolute Gasteiger partial charge is 0.335 e. The third-order valence-electron chi connectivity index (χ3n) is 4.39. The smallest absolute Gasteiger partial charge is 0.141 e. The minimum absolute atomic E-state index is 0.629. The fourth-order valence-electron chi connectivity index (χ4n) is 3.18. The van der Waals surface area contributed by atoms with Gasteiger partial charge in [0.2, 0.25) is 0 Å². The Morgan fingerprint density at radius 3 is 2.59 bits per heavy atom. The van der Waals surface area contributed by atoms with Gasteiger partial charge in [0.05, 0.1) is 23.0 Å². The van der Waals surface area contributed by atoms with Crippen molar-refractivity contribution in [2.75, 3.05) is 13.1 Å².